The van der Waals surface area contributed by atoms with Gasteiger partial charge in [0.15, 0.2) is 9.84 Å². The summed E-state index contributed by atoms with van der Waals surface area (Å²) < 4.78 is 24.6. The van der Waals surface area contributed by atoms with Gasteiger partial charge in [0.05, 0.1) is 22.3 Å². The quantitative estimate of drug-likeness (QED) is 0.480. The summed E-state index contributed by atoms with van der Waals surface area (Å²) in [6.07, 6.45) is 2.14. The summed E-state index contributed by atoms with van der Waals surface area (Å²) in [5.74, 6) is -1.08. The van der Waals surface area contributed by atoms with Gasteiger partial charge in [-0.1, -0.05) is 30.7 Å². The Morgan fingerprint density at radius 1 is 1.06 bits per heavy atom. The molecule has 0 spiro atoms. The lowest BCUT2D eigenvalue weighted by Gasteiger charge is -2.31. The Balaban J connectivity index is 1.43. The highest BCUT2D eigenvalue weighted by molar-refractivity contribution is 7.91. The van der Waals surface area contributed by atoms with E-state index in [4.69, 9.17) is 5.21 Å². The number of para-hydroxylation sites is 1. The van der Waals surface area contributed by atoms with Gasteiger partial charge in [-0.2, -0.15) is 0 Å². The van der Waals surface area contributed by atoms with Crippen molar-refractivity contribution in [1.82, 2.24) is 10.8 Å². The predicted molar refractivity (Wildman–Crippen MR) is 115 cm³/mol. The number of fused-ring (bicyclic) bond motifs is 1. The first-order valence-corrected chi connectivity index (χ1v) is 11.9. The van der Waals surface area contributed by atoms with Crippen LogP contribution in [0.5, 0.6) is 0 Å². The molecule has 9 heteroatoms. The molecule has 164 valence electrons. The highest BCUT2D eigenvalue weighted by Crippen LogP contribution is 2.31. The van der Waals surface area contributed by atoms with Crippen molar-refractivity contribution in [2.75, 3.05) is 17.2 Å². The number of carbonyl (C=O) groups is 2. The third-order valence-corrected chi connectivity index (χ3v) is 7.78. The van der Waals surface area contributed by atoms with Gasteiger partial charge in [0.25, 0.3) is 5.91 Å². The second-order valence-corrected chi connectivity index (χ2v) is 10.1. The maximum Gasteiger partial charge on any atom is 0.251 e. The van der Waals surface area contributed by atoms with Gasteiger partial charge in [0, 0.05) is 24.7 Å². The number of rotatable bonds is 5. The Labute approximate surface area is 181 Å². The van der Waals surface area contributed by atoms with Gasteiger partial charge in [-0.05, 0) is 42.7 Å². The van der Waals surface area contributed by atoms with Crippen LogP contribution in [0.25, 0.3) is 0 Å². The van der Waals surface area contributed by atoms with E-state index in [1.54, 1.807) is 29.7 Å². The lowest BCUT2D eigenvalue weighted by atomic mass is 10.0. The van der Waals surface area contributed by atoms with Gasteiger partial charge in [-0.25, -0.2) is 13.9 Å². The minimum Gasteiger partial charge on any atom is -0.365 e. The average molecular weight is 444 g/mol. The standard InChI is InChI=1S/C22H25N3O5S/c26-21(23-18-5-3-4-17(18)22(27)24-28)16-10-8-15(9-11-16)14-25-12-13-31(29,30)20-7-2-1-6-19(20)25/h1-2,6-11,17-18,28H,3-5,12-14H2,(H,23,26)(H,24,27)/t17-,18+/m1/s1. The molecule has 0 bridgehead atoms. The van der Waals surface area contributed by atoms with Crippen LogP contribution in [0.2, 0.25) is 0 Å². The molecule has 2 atom stereocenters. The summed E-state index contributed by atoms with van der Waals surface area (Å²) in [7, 11) is -3.25. The Bertz CT molecular complexity index is 1080. The first-order chi connectivity index (χ1) is 14.9. The minimum atomic E-state index is -3.25. The molecule has 1 fully saturated rings. The molecular formula is C22H25N3O5S. The van der Waals surface area contributed by atoms with E-state index < -0.39 is 21.7 Å². The van der Waals surface area contributed by atoms with E-state index in [0.29, 0.717) is 42.1 Å². The molecule has 8 nitrogen and oxygen atoms in total. The van der Waals surface area contributed by atoms with E-state index in [-0.39, 0.29) is 17.7 Å². The van der Waals surface area contributed by atoms with Crippen LogP contribution in [0.3, 0.4) is 0 Å². The predicted octanol–water partition coefficient (Wildman–Crippen LogP) is 1.88. The Morgan fingerprint density at radius 2 is 1.81 bits per heavy atom. The highest BCUT2D eigenvalue weighted by Gasteiger charge is 2.34. The zero-order valence-corrected chi connectivity index (χ0v) is 17.8. The molecule has 0 unspecified atom stereocenters. The van der Waals surface area contributed by atoms with Crippen LogP contribution in [-0.4, -0.2) is 43.8 Å². The van der Waals surface area contributed by atoms with Gasteiger partial charge < -0.3 is 10.2 Å². The van der Waals surface area contributed by atoms with Gasteiger partial charge in [-0.15, -0.1) is 0 Å². The van der Waals surface area contributed by atoms with E-state index in [9.17, 15) is 18.0 Å². The molecule has 2 aromatic carbocycles. The summed E-state index contributed by atoms with van der Waals surface area (Å²) in [4.78, 5) is 26.7. The molecule has 2 amide bonds. The van der Waals surface area contributed by atoms with Crippen LogP contribution < -0.4 is 15.7 Å². The van der Waals surface area contributed by atoms with Crippen molar-refractivity contribution in [3.63, 3.8) is 0 Å². The number of hydroxylamine groups is 1. The number of amides is 2. The molecule has 0 radical (unpaired) electrons. The van der Waals surface area contributed by atoms with Gasteiger partial charge in [-0.3, -0.25) is 14.8 Å². The zero-order valence-electron chi connectivity index (χ0n) is 17.0. The van der Waals surface area contributed by atoms with Crippen LogP contribution in [0.4, 0.5) is 5.69 Å². The van der Waals surface area contributed by atoms with Crippen molar-refractivity contribution in [1.29, 1.82) is 0 Å². The van der Waals surface area contributed by atoms with Gasteiger partial charge >= 0.3 is 0 Å². The average Bonchev–Trinajstić information content (AvgIpc) is 3.24. The lowest BCUT2D eigenvalue weighted by molar-refractivity contribution is -0.133. The van der Waals surface area contributed by atoms with Gasteiger partial charge in [0.1, 0.15) is 0 Å². The molecule has 1 saturated carbocycles. The fourth-order valence-electron chi connectivity index (χ4n) is 4.37. The second kappa shape index (κ2) is 8.68. The highest BCUT2D eigenvalue weighted by atomic mass is 32.2. The molecule has 2 aliphatic rings. The third-order valence-electron chi connectivity index (χ3n) is 6.04. The summed E-state index contributed by atoms with van der Waals surface area (Å²) in [6.45, 7) is 0.952. The number of nitrogens with zero attached hydrogens (tertiary/aromatic N) is 1. The molecule has 1 heterocycles. The molecule has 31 heavy (non-hydrogen) atoms. The maximum atomic E-state index is 12.6. The minimum absolute atomic E-state index is 0.0779. The molecule has 2 aromatic rings. The van der Waals surface area contributed by atoms with E-state index >= 15 is 0 Å². The Kier molecular flexibility index (Phi) is 5.97. The van der Waals surface area contributed by atoms with E-state index in [1.165, 1.54) is 0 Å². The number of hydrogen-bond donors (Lipinski definition) is 3. The Morgan fingerprint density at radius 3 is 2.55 bits per heavy atom. The largest absolute Gasteiger partial charge is 0.365 e. The maximum absolute atomic E-state index is 12.6. The van der Waals surface area contributed by atoms with Crippen LogP contribution in [0.15, 0.2) is 53.4 Å². The van der Waals surface area contributed by atoms with Crippen LogP contribution in [-0.2, 0) is 21.2 Å². The van der Waals surface area contributed by atoms with Crippen molar-refractivity contribution in [2.24, 2.45) is 5.92 Å². The van der Waals surface area contributed by atoms with Crippen LogP contribution in [0.1, 0.15) is 35.2 Å². The summed E-state index contributed by atoms with van der Waals surface area (Å²) in [5, 5.41) is 11.8. The fourth-order valence-corrected chi connectivity index (χ4v) is 5.85. The zero-order chi connectivity index (χ0) is 22.0. The number of carbonyl (C=O) groups excluding carboxylic acids is 2. The van der Waals surface area contributed by atoms with Crippen molar-refractivity contribution in [3.8, 4) is 0 Å². The van der Waals surface area contributed by atoms with E-state index in [0.717, 1.165) is 12.0 Å². The SMILES string of the molecule is O=C(N[C@H]1CCC[C@H]1C(=O)NO)c1ccc(CN2CCS(=O)(=O)c3ccccc32)cc1. The summed E-state index contributed by atoms with van der Waals surface area (Å²) >= 11 is 0. The number of benzene rings is 2. The number of anilines is 1. The van der Waals surface area contributed by atoms with Crippen LogP contribution in [0, 0.1) is 5.92 Å². The summed E-state index contributed by atoms with van der Waals surface area (Å²) in [5.41, 5.74) is 3.82. The number of hydrogen-bond acceptors (Lipinski definition) is 6. The molecule has 0 saturated heterocycles. The monoisotopic (exact) mass is 443 g/mol. The summed E-state index contributed by atoms with van der Waals surface area (Å²) in [6, 6.07) is 13.9. The smallest absolute Gasteiger partial charge is 0.251 e. The molecule has 3 N–H and O–H groups in total. The van der Waals surface area contributed by atoms with Crippen molar-refractivity contribution in [3.05, 3.63) is 59.7 Å². The molecule has 4 rings (SSSR count). The Hall–Kier alpha value is -2.91. The van der Waals surface area contributed by atoms with Crippen molar-refractivity contribution >= 4 is 27.3 Å². The van der Waals surface area contributed by atoms with Crippen LogP contribution >= 0.6 is 0 Å². The first kappa shape index (κ1) is 21.3. The number of nitrogens with one attached hydrogen (secondary N) is 2. The fraction of sp³-hybridized carbons (Fsp3) is 0.364. The molecule has 1 aliphatic carbocycles. The topological polar surface area (TPSA) is 116 Å². The molecule has 1 aliphatic heterocycles. The van der Waals surface area contributed by atoms with E-state index in [1.807, 2.05) is 29.2 Å². The van der Waals surface area contributed by atoms with Crippen molar-refractivity contribution in [2.45, 2.75) is 36.7 Å². The number of sulfone groups is 1. The first-order valence-electron chi connectivity index (χ1n) is 10.3. The van der Waals surface area contributed by atoms with Crippen molar-refractivity contribution < 1.29 is 23.2 Å². The molecule has 0 aromatic heterocycles. The lowest BCUT2D eigenvalue weighted by Crippen LogP contribution is -2.43. The van der Waals surface area contributed by atoms with E-state index in [2.05, 4.69) is 5.32 Å². The molecular weight excluding hydrogens is 418 g/mol. The van der Waals surface area contributed by atoms with Gasteiger partial charge in [0.2, 0.25) is 5.91 Å². The third kappa shape index (κ3) is 4.42. The second-order valence-electron chi connectivity index (χ2n) is 8.00. The normalized spacial score (nSPS) is 21.9.